The third-order valence-electron chi connectivity index (χ3n) is 3.22. The topological polar surface area (TPSA) is 83.8 Å². The molecule has 0 unspecified atom stereocenters. The summed E-state index contributed by atoms with van der Waals surface area (Å²) in [6.45, 7) is 0. The number of benzene rings is 2. The SMILES string of the molecule is O=Cc1c(O)cc2c(c1O)C(=O)Cc1ccccc1O2. The van der Waals surface area contributed by atoms with E-state index >= 15 is 0 Å². The second-order valence-corrected chi connectivity index (χ2v) is 4.46. The lowest BCUT2D eigenvalue weighted by atomic mass is 9.99. The smallest absolute Gasteiger partial charge is 0.174 e. The summed E-state index contributed by atoms with van der Waals surface area (Å²) >= 11 is 0. The fourth-order valence-electron chi connectivity index (χ4n) is 2.24. The highest BCUT2D eigenvalue weighted by atomic mass is 16.5. The van der Waals surface area contributed by atoms with Gasteiger partial charge in [-0.3, -0.25) is 9.59 Å². The predicted octanol–water partition coefficient (Wildman–Crippen LogP) is 2.44. The average molecular weight is 270 g/mol. The molecule has 2 aromatic carbocycles. The summed E-state index contributed by atoms with van der Waals surface area (Å²) in [6.07, 6.45) is 0.357. The van der Waals surface area contributed by atoms with Crippen molar-refractivity contribution in [3.8, 4) is 23.0 Å². The number of aldehydes is 1. The van der Waals surface area contributed by atoms with Gasteiger partial charge in [0.2, 0.25) is 0 Å². The van der Waals surface area contributed by atoms with Crippen LogP contribution in [0.5, 0.6) is 23.0 Å². The third-order valence-corrected chi connectivity index (χ3v) is 3.22. The quantitative estimate of drug-likeness (QED) is 0.777. The molecule has 3 rings (SSSR count). The Morgan fingerprint density at radius 3 is 2.65 bits per heavy atom. The van der Waals surface area contributed by atoms with E-state index in [9.17, 15) is 19.8 Å². The number of rotatable bonds is 1. The number of carbonyl (C=O) groups is 2. The van der Waals surface area contributed by atoms with Crippen molar-refractivity contribution in [2.75, 3.05) is 0 Å². The summed E-state index contributed by atoms with van der Waals surface area (Å²) in [7, 11) is 0. The zero-order valence-electron chi connectivity index (χ0n) is 10.3. The maximum absolute atomic E-state index is 12.2. The number of aromatic hydroxyl groups is 2. The van der Waals surface area contributed by atoms with Gasteiger partial charge in [-0.1, -0.05) is 18.2 Å². The van der Waals surface area contributed by atoms with Crippen molar-refractivity contribution in [1.29, 1.82) is 0 Å². The predicted molar refractivity (Wildman–Crippen MR) is 69.7 cm³/mol. The summed E-state index contributed by atoms with van der Waals surface area (Å²) in [5.74, 6) is -0.820. The Bertz CT molecular complexity index is 733. The number of Topliss-reactive ketones (excluding diaryl/α,β-unsaturated/α-hetero) is 1. The molecule has 1 heterocycles. The monoisotopic (exact) mass is 270 g/mol. The second kappa shape index (κ2) is 4.38. The maximum Gasteiger partial charge on any atom is 0.174 e. The molecule has 0 fully saturated rings. The van der Waals surface area contributed by atoms with Gasteiger partial charge in [-0.05, 0) is 6.07 Å². The van der Waals surface area contributed by atoms with Crippen LogP contribution in [0.2, 0.25) is 0 Å². The van der Waals surface area contributed by atoms with Gasteiger partial charge >= 0.3 is 0 Å². The van der Waals surface area contributed by atoms with Crippen LogP contribution in [0.25, 0.3) is 0 Å². The summed E-state index contributed by atoms with van der Waals surface area (Å²) in [5, 5.41) is 19.7. The normalized spacial score (nSPS) is 12.9. The number of phenols is 2. The Hall–Kier alpha value is -2.82. The van der Waals surface area contributed by atoms with Crippen LogP contribution in [0.3, 0.4) is 0 Å². The minimum absolute atomic E-state index is 0.0422. The molecule has 0 atom stereocenters. The largest absolute Gasteiger partial charge is 0.507 e. The van der Waals surface area contributed by atoms with Crippen molar-refractivity contribution in [2.45, 2.75) is 6.42 Å². The molecule has 1 aliphatic rings. The molecule has 0 saturated carbocycles. The van der Waals surface area contributed by atoms with Gasteiger partial charge in [0.05, 0.1) is 5.56 Å². The van der Waals surface area contributed by atoms with Crippen molar-refractivity contribution in [3.63, 3.8) is 0 Å². The van der Waals surface area contributed by atoms with E-state index in [1.165, 1.54) is 6.07 Å². The van der Waals surface area contributed by atoms with Gasteiger partial charge in [0, 0.05) is 18.1 Å². The van der Waals surface area contributed by atoms with E-state index in [4.69, 9.17) is 4.74 Å². The van der Waals surface area contributed by atoms with E-state index in [0.717, 1.165) is 0 Å². The van der Waals surface area contributed by atoms with Crippen molar-refractivity contribution in [2.24, 2.45) is 0 Å². The molecule has 0 saturated heterocycles. The van der Waals surface area contributed by atoms with E-state index in [2.05, 4.69) is 0 Å². The summed E-state index contributed by atoms with van der Waals surface area (Å²) in [6, 6.07) is 8.14. The van der Waals surface area contributed by atoms with E-state index in [0.29, 0.717) is 17.6 Å². The molecule has 20 heavy (non-hydrogen) atoms. The lowest BCUT2D eigenvalue weighted by molar-refractivity contribution is 0.0991. The van der Waals surface area contributed by atoms with E-state index in [1.54, 1.807) is 24.3 Å². The van der Waals surface area contributed by atoms with Gasteiger partial charge in [0.1, 0.15) is 28.6 Å². The minimum Gasteiger partial charge on any atom is -0.507 e. The van der Waals surface area contributed by atoms with Crippen LogP contribution in [0.15, 0.2) is 30.3 Å². The standard InChI is InChI=1S/C15H10O5/c16-7-9-10(17)6-13-14(15(9)19)11(18)5-8-3-1-2-4-12(8)20-13/h1-4,6-7,17,19H,5H2. The molecule has 0 amide bonds. The Kier molecular flexibility index (Phi) is 2.68. The van der Waals surface area contributed by atoms with Crippen LogP contribution in [0, 0.1) is 0 Å². The highest BCUT2D eigenvalue weighted by molar-refractivity contribution is 6.06. The van der Waals surface area contributed by atoms with Gasteiger partial charge in [-0.15, -0.1) is 0 Å². The van der Waals surface area contributed by atoms with Gasteiger partial charge in [0.15, 0.2) is 12.1 Å². The molecular weight excluding hydrogens is 260 g/mol. The summed E-state index contributed by atoms with van der Waals surface area (Å²) < 4.78 is 5.58. The Morgan fingerprint density at radius 1 is 1.15 bits per heavy atom. The van der Waals surface area contributed by atoms with E-state index in [-0.39, 0.29) is 29.1 Å². The van der Waals surface area contributed by atoms with Crippen LogP contribution in [-0.2, 0) is 6.42 Å². The average Bonchev–Trinajstić information content (AvgIpc) is 2.54. The Morgan fingerprint density at radius 2 is 1.90 bits per heavy atom. The highest BCUT2D eigenvalue weighted by Crippen LogP contribution is 2.42. The molecule has 0 bridgehead atoms. The van der Waals surface area contributed by atoms with Crippen LogP contribution >= 0.6 is 0 Å². The van der Waals surface area contributed by atoms with Crippen molar-refractivity contribution in [3.05, 3.63) is 47.0 Å². The van der Waals surface area contributed by atoms with Crippen LogP contribution < -0.4 is 4.74 Å². The molecule has 0 radical (unpaired) electrons. The molecule has 1 aliphatic heterocycles. The molecule has 0 spiro atoms. The number of phenolic OH excluding ortho intramolecular Hbond substituents is 2. The summed E-state index contributed by atoms with van der Waals surface area (Å²) in [5.41, 5.74) is 0.285. The lowest BCUT2D eigenvalue weighted by Crippen LogP contribution is -2.03. The minimum atomic E-state index is -0.548. The first-order valence-electron chi connectivity index (χ1n) is 5.95. The molecule has 100 valence electrons. The van der Waals surface area contributed by atoms with Gasteiger partial charge in [-0.2, -0.15) is 0 Å². The Labute approximate surface area is 114 Å². The number of carbonyl (C=O) groups excluding carboxylic acids is 2. The van der Waals surface area contributed by atoms with Crippen molar-refractivity contribution in [1.82, 2.24) is 0 Å². The number of ether oxygens (including phenoxy) is 1. The number of hydrogen-bond donors (Lipinski definition) is 2. The highest BCUT2D eigenvalue weighted by Gasteiger charge is 2.27. The fourth-order valence-corrected chi connectivity index (χ4v) is 2.24. The van der Waals surface area contributed by atoms with E-state index in [1.807, 2.05) is 0 Å². The molecular formula is C15H10O5. The van der Waals surface area contributed by atoms with Gasteiger partial charge in [0.25, 0.3) is 0 Å². The van der Waals surface area contributed by atoms with Crippen LogP contribution in [-0.4, -0.2) is 22.3 Å². The lowest BCUT2D eigenvalue weighted by Gasteiger charge is -2.11. The molecule has 0 aliphatic carbocycles. The zero-order chi connectivity index (χ0) is 14.3. The number of ketones is 1. The third kappa shape index (κ3) is 1.72. The molecule has 5 heteroatoms. The Balaban J connectivity index is 2.26. The molecule has 5 nitrogen and oxygen atoms in total. The van der Waals surface area contributed by atoms with Gasteiger partial charge in [-0.25, -0.2) is 0 Å². The maximum atomic E-state index is 12.2. The number of para-hydroxylation sites is 1. The van der Waals surface area contributed by atoms with Crippen LogP contribution in [0.4, 0.5) is 0 Å². The fraction of sp³-hybridized carbons (Fsp3) is 0.0667. The second-order valence-electron chi connectivity index (χ2n) is 4.46. The molecule has 2 aromatic rings. The first-order valence-corrected chi connectivity index (χ1v) is 5.95. The molecule has 2 N–H and O–H groups in total. The first kappa shape index (κ1) is 12.2. The van der Waals surface area contributed by atoms with Crippen molar-refractivity contribution < 1.29 is 24.5 Å². The first-order chi connectivity index (χ1) is 9.61. The zero-order valence-corrected chi connectivity index (χ0v) is 10.3. The van der Waals surface area contributed by atoms with Crippen LogP contribution in [0.1, 0.15) is 26.3 Å². The van der Waals surface area contributed by atoms with E-state index < -0.39 is 11.5 Å². The number of hydrogen-bond acceptors (Lipinski definition) is 5. The van der Waals surface area contributed by atoms with Gasteiger partial charge < -0.3 is 14.9 Å². The summed E-state index contributed by atoms with van der Waals surface area (Å²) in [4.78, 5) is 23.1. The molecule has 0 aromatic heterocycles. The number of fused-ring (bicyclic) bond motifs is 2. The van der Waals surface area contributed by atoms with Crippen molar-refractivity contribution >= 4 is 12.1 Å².